The highest BCUT2D eigenvalue weighted by molar-refractivity contribution is 7.92. The Kier molecular flexibility index (Phi) is 9.49. The van der Waals surface area contributed by atoms with Crippen molar-refractivity contribution in [2.45, 2.75) is 56.0 Å². The van der Waals surface area contributed by atoms with Crippen molar-refractivity contribution >= 4 is 27.5 Å². The first-order valence-corrected chi connectivity index (χ1v) is 16.0. The Morgan fingerprint density at radius 1 is 0.953 bits per heavy atom. The molecule has 1 aliphatic heterocycles. The third-order valence-corrected chi connectivity index (χ3v) is 9.62. The van der Waals surface area contributed by atoms with Gasteiger partial charge in [-0.05, 0) is 68.1 Å². The highest BCUT2D eigenvalue weighted by atomic mass is 32.2. The highest BCUT2D eigenvalue weighted by Gasteiger charge is 2.34. The Morgan fingerprint density at radius 2 is 1.63 bits per heavy atom. The molecular formula is C32H36FN3O6S. The van der Waals surface area contributed by atoms with Gasteiger partial charge in [-0.2, -0.15) is 0 Å². The number of hydrogen-bond donors (Lipinski definition) is 1. The van der Waals surface area contributed by atoms with Crippen LogP contribution in [-0.4, -0.2) is 63.5 Å². The van der Waals surface area contributed by atoms with Crippen LogP contribution in [-0.2, 0) is 26.0 Å². The zero-order valence-corrected chi connectivity index (χ0v) is 24.9. The molecule has 0 bridgehead atoms. The second-order valence-electron chi connectivity index (χ2n) is 10.8. The maximum atomic E-state index is 14.1. The van der Waals surface area contributed by atoms with Crippen LogP contribution < -0.4 is 19.1 Å². The van der Waals surface area contributed by atoms with Crippen LogP contribution in [0.25, 0.3) is 0 Å². The Morgan fingerprint density at radius 3 is 2.33 bits per heavy atom. The third kappa shape index (κ3) is 7.27. The van der Waals surface area contributed by atoms with Crippen molar-refractivity contribution in [2.24, 2.45) is 0 Å². The average Bonchev–Trinajstić information content (AvgIpc) is 3.53. The van der Waals surface area contributed by atoms with E-state index in [0.29, 0.717) is 18.8 Å². The quantitative estimate of drug-likeness (QED) is 0.348. The summed E-state index contributed by atoms with van der Waals surface area (Å²) >= 11 is 0. The van der Waals surface area contributed by atoms with Gasteiger partial charge in [0.05, 0.1) is 10.6 Å². The summed E-state index contributed by atoms with van der Waals surface area (Å²) in [6.07, 6.45) is 4.34. The Labute approximate surface area is 251 Å². The summed E-state index contributed by atoms with van der Waals surface area (Å²) in [5.41, 5.74) is 1.08. The molecule has 3 aromatic carbocycles. The number of carbonyl (C=O) groups excluding carboxylic acids is 2. The first kappa shape index (κ1) is 30.3. The van der Waals surface area contributed by atoms with E-state index in [1.165, 1.54) is 35.2 Å². The van der Waals surface area contributed by atoms with Crippen molar-refractivity contribution in [3.63, 3.8) is 0 Å². The molecule has 1 N–H and O–H groups in total. The van der Waals surface area contributed by atoms with Crippen LogP contribution in [0, 0.1) is 5.82 Å². The molecule has 1 atom stereocenters. The van der Waals surface area contributed by atoms with Gasteiger partial charge in [-0.1, -0.05) is 43.2 Å². The van der Waals surface area contributed by atoms with E-state index in [0.717, 1.165) is 47.7 Å². The normalized spacial score (nSPS) is 15.5. The smallest absolute Gasteiger partial charge is 0.264 e. The number of rotatable bonds is 11. The first-order valence-electron chi connectivity index (χ1n) is 14.5. The van der Waals surface area contributed by atoms with Crippen molar-refractivity contribution < 1.29 is 31.9 Å². The summed E-state index contributed by atoms with van der Waals surface area (Å²) in [6, 6.07) is 17.9. The van der Waals surface area contributed by atoms with E-state index < -0.39 is 34.3 Å². The molecule has 43 heavy (non-hydrogen) atoms. The van der Waals surface area contributed by atoms with Crippen molar-refractivity contribution in [1.82, 2.24) is 10.2 Å². The number of halogens is 1. The molecule has 0 unspecified atom stereocenters. The fraction of sp³-hybridized carbons (Fsp3) is 0.375. The Bertz CT molecular complexity index is 1530. The molecule has 0 saturated heterocycles. The lowest BCUT2D eigenvalue weighted by molar-refractivity contribution is -0.139. The molecule has 1 saturated carbocycles. The number of nitrogens with zero attached hydrogens (tertiary/aromatic N) is 2. The molecule has 2 aliphatic rings. The molecular weight excluding hydrogens is 573 g/mol. The largest absolute Gasteiger partial charge is 0.486 e. The molecule has 9 nitrogen and oxygen atoms in total. The number of fused-ring (bicyclic) bond motifs is 1. The van der Waals surface area contributed by atoms with Crippen LogP contribution in [0.15, 0.2) is 77.7 Å². The lowest BCUT2D eigenvalue weighted by Crippen LogP contribution is -2.53. The van der Waals surface area contributed by atoms with Crippen LogP contribution in [0.1, 0.15) is 38.2 Å². The van der Waals surface area contributed by atoms with Crippen molar-refractivity contribution in [3.05, 3.63) is 84.2 Å². The van der Waals surface area contributed by atoms with Gasteiger partial charge in [0.2, 0.25) is 11.8 Å². The topological polar surface area (TPSA) is 105 Å². The zero-order valence-electron chi connectivity index (χ0n) is 24.1. The van der Waals surface area contributed by atoms with Gasteiger partial charge in [-0.15, -0.1) is 0 Å². The highest BCUT2D eigenvalue weighted by Crippen LogP contribution is 2.34. The van der Waals surface area contributed by atoms with Gasteiger partial charge in [-0.3, -0.25) is 13.9 Å². The minimum Gasteiger partial charge on any atom is -0.486 e. The maximum Gasteiger partial charge on any atom is 0.264 e. The predicted molar refractivity (Wildman–Crippen MR) is 160 cm³/mol. The minimum absolute atomic E-state index is 0.0623. The number of nitrogens with one attached hydrogen (secondary N) is 1. The summed E-state index contributed by atoms with van der Waals surface area (Å²) < 4.78 is 54.0. The number of benzene rings is 3. The molecule has 0 radical (unpaired) electrons. The molecule has 1 fully saturated rings. The lowest BCUT2D eigenvalue weighted by Gasteiger charge is -2.32. The van der Waals surface area contributed by atoms with Crippen LogP contribution in [0.2, 0.25) is 0 Å². The molecule has 228 valence electrons. The summed E-state index contributed by atoms with van der Waals surface area (Å²) in [4.78, 5) is 28.6. The van der Waals surface area contributed by atoms with Crippen LogP contribution in [0.3, 0.4) is 0 Å². The van der Waals surface area contributed by atoms with E-state index in [1.807, 2.05) is 30.3 Å². The van der Waals surface area contributed by atoms with Gasteiger partial charge >= 0.3 is 0 Å². The van der Waals surface area contributed by atoms with Gasteiger partial charge in [0, 0.05) is 18.7 Å². The van der Waals surface area contributed by atoms with Crippen molar-refractivity contribution in [2.75, 3.05) is 30.6 Å². The number of anilines is 1. The number of amides is 2. The maximum absolute atomic E-state index is 14.1. The van der Waals surface area contributed by atoms with Gasteiger partial charge in [-0.25, -0.2) is 12.8 Å². The van der Waals surface area contributed by atoms with Gasteiger partial charge in [0.15, 0.2) is 11.5 Å². The number of ether oxygens (including phenoxy) is 2. The average molecular weight is 610 g/mol. The van der Waals surface area contributed by atoms with E-state index in [9.17, 15) is 22.4 Å². The monoisotopic (exact) mass is 609 g/mol. The Hall–Kier alpha value is -4.12. The van der Waals surface area contributed by atoms with E-state index in [-0.39, 0.29) is 41.4 Å². The van der Waals surface area contributed by atoms with Crippen LogP contribution >= 0.6 is 0 Å². The molecule has 11 heteroatoms. The molecule has 5 rings (SSSR count). The Balaban J connectivity index is 1.45. The summed E-state index contributed by atoms with van der Waals surface area (Å²) in [5, 5.41) is 3.06. The van der Waals surface area contributed by atoms with Crippen molar-refractivity contribution in [3.8, 4) is 11.5 Å². The van der Waals surface area contributed by atoms with E-state index in [2.05, 4.69) is 5.32 Å². The van der Waals surface area contributed by atoms with Crippen LogP contribution in [0.4, 0.5) is 10.1 Å². The number of hydrogen-bond acceptors (Lipinski definition) is 6. The molecule has 1 aliphatic carbocycles. The molecule has 0 spiro atoms. The van der Waals surface area contributed by atoms with E-state index in [1.54, 1.807) is 6.92 Å². The SMILES string of the molecule is C[C@@H](C(=O)NC1CCCC1)N(CCc1ccccc1)C(=O)CN(c1ccc(F)cc1)S(=O)(=O)c1ccc2c(c1)OCCO2. The number of sulfonamides is 1. The molecule has 2 amide bonds. The van der Waals surface area contributed by atoms with Crippen LogP contribution in [0.5, 0.6) is 11.5 Å². The zero-order chi connectivity index (χ0) is 30.4. The van der Waals surface area contributed by atoms with Gasteiger partial charge < -0.3 is 19.7 Å². The summed E-state index contributed by atoms with van der Waals surface area (Å²) in [7, 11) is -4.33. The fourth-order valence-corrected chi connectivity index (χ4v) is 6.84. The second kappa shape index (κ2) is 13.5. The molecule has 1 heterocycles. The molecule has 0 aromatic heterocycles. The van der Waals surface area contributed by atoms with Crippen molar-refractivity contribution in [1.29, 1.82) is 0 Å². The van der Waals surface area contributed by atoms with Gasteiger partial charge in [0.1, 0.15) is 31.6 Å². The number of carbonyl (C=O) groups is 2. The summed E-state index contributed by atoms with van der Waals surface area (Å²) in [5.74, 6) is -0.691. The second-order valence-corrected chi connectivity index (χ2v) is 12.6. The summed E-state index contributed by atoms with van der Waals surface area (Å²) in [6.45, 7) is 1.88. The predicted octanol–water partition coefficient (Wildman–Crippen LogP) is 4.31. The standard InChI is InChI=1S/C32H36FN3O6S/c1-23(32(38)34-26-9-5-6-10-26)35(18-17-24-7-3-2-4-8-24)31(37)22-36(27-13-11-25(33)12-14-27)43(39,40)28-15-16-29-30(21-28)42-20-19-41-29/h2-4,7-8,11-16,21,23,26H,5-6,9-10,17-20,22H2,1H3,(H,34,38)/t23-/m0/s1. The minimum atomic E-state index is -4.33. The van der Waals surface area contributed by atoms with E-state index in [4.69, 9.17) is 9.47 Å². The first-order chi connectivity index (χ1) is 20.7. The third-order valence-electron chi connectivity index (χ3n) is 7.85. The fourth-order valence-electron chi connectivity index (χ4n) is 5.41. The molecule has 3 aromatic rings. The van der Waals surface area contributed by atoms with E-state index >= 15 is 0 Å². The van der Waals surface area contributed by atoms with Gasteiger partial charge in [0.25, 0.3) is 10.0 Å². The lowest BCUT2D eigenvalue weighted by atomic mass is 10.1.